The molecule has 1 N–H and O–H groups in total. The Morgan fingerprint density at radius 1 is 1.07 bits per heavy atom. The Hall–Kier alpha value is -2.74. The number of halogens is 1. The molecule has 8 heteroatoms. The Kier molecular flexibility index (Phi) is 4.89. The number of hydrogen-bond donors (Lipinski definition) is 1. The predicted molar refractivity (Wildman–Crippen MR) is 105 cm³/mol. The summed E-state index contributed by atoms with van der Waals surface area (Å²) in [5.41, 5.74) is 1.44. The van der Waals surface area contributed by atoms with Crippen LogP contribution in [0, 0.1) is 12.7 Å². The van der Waals surface area contributed by atoms with E-state index in [0.717, 1.165) is 44.1 Å². The summed E-state index contributed by atoms with van der Waals surface area (Å²) in [4.78, 5) is 0.0452. The second-order valence-corrected chi connectivity index (χ2v) is 8.61. The van der Waals surface area contributed by atoms with Crippen LogP contribution in [0.15, 0.2) is 47.4 Å². The van der Waals surface area contributed by atoms with Crippen molar-refractivity contribution in [2.24, 2.45) is 0 Å². The lowest BCUT2D eigenvalue weighted by molar-refractivity contribution is 0.598. The standard InChI is InChI=1S/C20H21FN4O2S/c1-14-13-15(21)10-11-18(14)28(26,27)24-17-8-5-4-7-16(17)20-23-22-19-9-3-2-6-12-25(19)20/h4-5,7-8,10-11,13,24H,2-3,6,9,12H2,1H3. The summed E-state index contributed by atoms with van der Waals surface area (Å²) >= 11 is 0. The zero-order valence-corrected chi connectivity index (χ0v) is 16.3. The molecule has 4 rings (SSSR count). The van der Waals surface area contributed by atoms with Gasteiger partial charge in [0.25, 0.3) is 10.0 Å². The summed E-state index contributed by atoms with van der Waals surface area (Å²) in [5.74, 6) is 1.12. The lowest BCUT2D eigenvalue weighted by Gasteiger charge is -2.14. The number of sulfonamides is 1. The van der Waals surface area contributed by atoms with Crippen LogP contribution in [0.5, 0.6) is 0 Å². The monoisotopic (exact) mass is 400 g/mol. The number of hydrogen-bond acceptors (Lipinski definition) is 4. The van der Waals surface area contributed by atoms with Gasteiger partial charge in [0, 0.05) is 18.5 Å². The highest BCUT2D eigenvalue weighted by Gasteiger charge is 2.22. The normalized spacial score (nSPS) is 14.4. The van der Waals surface area contributed by atoms with E-state index in [1.165, 1.54) is 12.1 Å². The number of anilines is 1. The van der Waals surface area contributed by atoms with Gasteiger partial charge in [0.05, 0.1) is 10.6 Å². The number of aryl methyl sites for hydroxylation is 2. The Morgan fingerprint density at radius 3 is 2.71 bits per heavy atom. The Morgan fingerprint density at radius 2 is 1.89 bits per heavy atom. The second-order valence-electron chi connectivity index (χ2n) is 6.96. The maximum Gasteiger partial charge on any atom is 0.262 e. The molecule has 0 saturated heterocycles. The van der Waals surface area contributed by atoms with E-state index in [9.17, 15) is 12.8 Å². The third-order valence-electron chi connectivity index (χ3n) is 4.95. The van der Waals surface area contributed by atoms with Gasteiger partial charge in [0.1, 0.15) is 11.6 Å². The minimum atomic E-state index is -3.88. The number of para-hydroxylation sites is 1. The van der Waals surface area contributed by atoms with Crippen molar-refractivity contribution < 1.29 is 12.8 Å². The van der Waals surface area contributed by atoms with E-state index >= 15 is 0 Å². The molecule has 2 heterocycles. The maximum absolute atomic E-state index is 13.4. The summed E-state index contributed by atoms with van der Waals surface area (Å²) in [6, 6.07) is 10.8. The smallest absolute Gasteiger partial charge is 0.262 e. The molecular formula is C20H21FN4O2S. The van der Waals surface area contributed by atoms with Crippen molar-refractivity contribution in [3.05, 3.63) is 59.7 Å². The second kappa shape index (κ2) is 7.35. The SMILES string of the molecule is Cc1cc(F)ccc1S(=O)(=O)Nc1ccccc1-c1nnc2n1CCCCC2. The molecule has 0 amide bonds. The molecule has 0 spiro atoms. The number of fused-ring (bicyclic) bond motifs is 1. The first-order valence-corrected chi connectivity index (χ1v) is 10.7. The van der Waals surface area contributed by atoms with E-state index in [1.54, 1.807) is 19.1 Å². The van der Waals surface area contributed by atoms with Gasteiger partial charge in [-0.3, -0.25) is 4.72 Å². The fourth-order valence-electron chi connectivity index (χ4n) is 3.57. The average Bonchev–Trinajstić information content (AvgIpc) is 2.89. The molecule has 1 aliphatic heterocycles. The van der Waals surface area contributed by atoms with E-state index in [2.05, 4.69) is 19.5 Å². The highest BCUT2D eigenvalue weighted by atomic mass is 32.2. The first-order chi connectivity index (χ1) is 13.5. The lowest BCUT2D eigenvalue weighted by atomic mass is 10.1. The first-order valence-electron chi connectivity index (χ1n) is 9.26. The van der Waals surface area contributed by atoms with Crippen molar-refractivity contribution in [2.45, 2.75) is 44.0 Å². The zero-order chi connectivity index (χ0) is 19.7. The molecule has 146 valence electrons. The fourth-order valence-corrected chi connectivity index (χ4v) is 4.87. The van der Waals surface area contributed by atoms with Crippen molar-refractivity contribution in [1.82, 2.24) is 14.8 Å². The molecule has 0 bridgehead atoms. The molecule has 0 radical (unpaired) electrons. The highest BCUT2D eigenvalue weighted by Crippen LogP contribution is 2.31. The Labute approximate surface area is 163 Å². The maximum atomic E-state index is 13.4. The third kappa shape index (κ3) is 3.52. The number of benzene rings is 2. The molecule has 0 atom stereocenters. The average molecular weight is 400 g/mol. The summed E-state index contributed by atoms with van der Waals surface area (Å²) in [6.45, 7) is 2.39. The van der Waals surface area contributed by atoms with E-state index in [0.29, 0.717) is 22.6 Å². The van der Waals surface area contributed by atoms with Crippen molar-refractivity contribution >= 4 is 15.7 Å². The van der Waals surface area contributed by atoms with Gasteiger partial charge in [-0.2, -0.15) is 0 Å². The van der Waals surface area contributed by atoms with E-state index in [1.807, 2.05) is 12.1 Å². The highest BCUT2D eigenvalue weighted by molar-refractivity contribution is 7.92. The van der Waals surface area contributed by atoms with Crippen LogP contribution in [-0.2, 0) is 23.0 Å². The number of rotatable bonds is 4. The molecule has 28 heavy (non-hydrogen) atoms. The summed E-state index contributed by atoms with van der Waals surface area (Å²) in [5, 5.41) is 8.64. The van der Waals surface area contributed by atoms with Crippen molar-refractivity contribution in [3.8, 4) is 11.4 Å². The van der Waals surface area contributed by atoms with Gasteiger partial charge in [-0.05, 0) is 55.7 Å². The van der Waals surface area contributed by atoms with E-state index in [4.69, 9.17) is 0 Å². The molecule has 0 saturated carbocycles. The lowest BCUT2D eigenvalue weighted by Crippen LogP contribution is -2.15. The van der Waals surface area contributed by atoms with Crippen LogP contribution in [0.4, 0.5) is 10.1 Å². The summed E-state index contributed by atoms with van der Waals surface area (Å²) < 4.78 is 43.9. The van der Waals surface area contributed by atoms with Crippen LogP contribution in [0.2, 0.25) is 0 Å². The van der Waals surface area contributed by atoms with Crippen LogP contribution < -0.4 is 4.72 Å². The van der Waals surface area contributed by atoms with Crippen molar-refractivity contribution in [3.63, 3.8) is 0 Å². The largest absolute Gasteiger partial charge is 0.311 e. The van der Waals surface area contributed by atoms with E-state index in [-0.39, 0.29) is 4.90 Å². The van der Waals surface area contributed by atoms with Gasteiger partial charge in [0.2, 0.25) is 0 Å². The minimum Gasteiger partial charge on any atom is -0.311 e. The molecule has 3 aromatic rings. The molecule has 6 nitrogen and oxygen atoms in total. The molecule has 0 aliphatic carbocycles. The van der Waals surface area contributed by atoms with Crippen LogP contribution in [0.1, 0.15) is 30.7 Å². The van der Waals surface area contributed by atoms with Crippen LogP contribution in [0.25, 0.3) is 11.4 Å². The van der Waals surface area contributed by atoms with E-state index < -0.39 is 15.8 Å². The molecule has 0 fully saturated rings. The van der Waals surface area contributed by atoms with Crippen LogP contribution >= 0.6 is 0 Å². The van der Waals surface area contributed by atoms with Gasteiger partial charge in [-0.15, -0.1) is 10.2 Å². The Balaban J connectivity index is 1.74. The quantitative estimate of drug-likeness (QED) is 0.720. The van der Waals surface area contributed by atoms with Gasteiger partial charge in [-0.1, -0.05) is 18.6 Å². The number of nitrogens with one attached hydrogen (secondary N) is 1. The predicted octanol–water partition coefficient (Wildman–Crippen LogP) is 3.92. The van der Waals surface area contributed by atoms with Crippen LogP contribution in [0.3, 0.4) is 0 Å². The molecule has 1 aliphatic rings. The fraction of sp³-hybridized carbons (Fsp3) is 0.300. The third-order valence-corrected chi connectivity index (χ3v) is 6.47. The molecule has 2 aromatic carbocycles. The van der Waals surface area contributed by atoms with Gasteiger partial charge < -0.3 is 4.57 Å². The molecular weight excluding hydrogens is 379 g/mol. The zero-order valence-electron chi connectivity index (χ0n) is 15.5. The first kappa shape index (κ1) is 18.6. The summed E-state index contributed by atoms with van der Waals surface area (Å²) in [7, 11) is -3.88. The van der Waals surface area contributed by atoms with Crippen molar-refractivity contribution in [2.75, 3.05) is 4.72 Å². The number of aromatic nitrogens is 3. The van der Waals surface area contributed by atoms with Crippen molar-refractivity contribution in [1.29, 1.82) is 0 Å². The van der Waals surface area contributed by atoms with Crippen LogP contribution in [-0.4, -0.2) is 23.2 Å². The minimum absolute atomic E-state index is 0.0452. The van der Waals surface area contributed by atoms with Gasteiger partial charge in [0.15, 0.2) is 5.82 Å². The molecule has 1 aromatic heterocycles. The van der Waals surface area contributed by atoms with Gasteiger partial charge in [-0.25, -0.2) is 12.8 Å². The van der Waals surface area contributed by atoms with Gasteiger partial charge >= 0.3 is 0 Å². The number of nitrogens with zero attached hydrogens (tertiary/aromatic N) is 3. The Bertz CT molecular complexity index is 1120. The summed E-state index contributed by atoms with van der Waals surface area (Å²) in [6.07, 6.45) is 4.13. The molecule has 0 unspecified atom stereocenters. The topological polar surface area (TPSA) is 76.9 Å².